The number of methoxy groups -OCH3 is 3. The van der Waals surface area contributed by atoms with Crippen LogP contribution in [-0.4, -0.2) is 99.4 Å². The molecule has 2 aromatic rings. The normalized spacial score (nSPS) is 14.6. The molecule has 0 spiro atoms. The second kappa shape index (κ2) is 15.5. The molecular formula is C26H36N4O11. The summed E-state index contributed by atoms with van der Waals surface area (Å²) in [6.07, 6.45) is 3.62. The van der Waals surface area contributed by atoms with E-state index in [1.165, 1.54) is 0 Å². The summed E-state index contributed by atoms with van der Waals surface area (Å²) >= 11 is 0. The van der Waals surface area contributed by atoms with Crippen LogP contribution in [0.25, 0.3) is 0 Å². The van der Waals surface area contributed by atoms with Crippen LogP contribution in [0.4, 0.5) is 5.95 Å². The minimum Gasteiger partial charge on any atom is -0.493 e. The lowest BCUT2D eigenvalue weighted by Gasteiger charge is -2.26. The summed E-state index contributed by atoms with van der Waals surface area (Å²) in [4.78, 5) is 41.0. The number of nitrogens with two attached hydrogens (primary N) is 1. The van der Waals surface area contributed by atoms with Crippen molar-refractivity contribution in [2.45, 2.75) is 50.5 Å². The van der Waals surface area contributed by atoms with Gasteiger partial charge in [0.2, 0.25) is 11.7 Å². The molecular weight excluding hydrogens is 544 g/mol. The minimum absolute atomic E-state index is 0.223. The van der Waals surface area contributed by atoms with E-state index in [-0.39, 0.29) is 12.1 Å². The van der Waals surface area contributed by atoms with Crippen molar-refractivity contribution in [1.82, 2.24) is 14.9 Å². The summed E-state index contributed by atoms with van der Waals surface area (Å²) in [6, 6.07) is 3.90. The lowest BCUT2D eigenvalue weighted by molar-refractivity contribution is -0.170. The molecule has 0 saturated carbocycles. The van der Waals surface area contributed by atoms with E-state index in [9.17, 15) is 14.4 Å². The first-order chi connectivity index (χ1) is 19.4. The van der Waals surface area contributed by atoms with E-state index in [0.717, 1.165) is 37.1 Å². The van der Waals surface area contributed by atoms with E-state index < -0.39 is 36.4 Å². The van der Waals surface area contributed by atoms with E-state index in [1.807, 2.05) is 12.1 Å². The number of hydrogen-bond donors (Lipinski definition) is 5. The van der Waals surface area contributed by atoms with Crippen molar-refractivity contribution in [2.24, 2.45) is 0 Å². The Balaban J connectivity index is 0.000000383. The van der Waals surface area contributed by atoms with Gasteiger partial charge in [-0.3, -0.25) is 14.5 Å². The number of nitrogen functional groups attached to an aromatic ring is 1. The molecule has 6 N–H and O–H groups in total. The number of nitrogens with zero attached hydrogens (tertiary/aromatic N) is 3. The molecule has 41 heavy (non-hydrogen) atoms. The van der Waals surface area contributed by atoms with Crippen molar-refractivity contribution in [3.63, 3.8) is 0 Å². The Bertz CT molecular complexity index is 1150. The zero-order chi connectivity index (χ0) is 30.6. The fourth-order valence-corrected chi connectivity index (χ4v) is 4.21. The molecule has 0 amide bonds. The molecule has 15 heteroatoms. The highest BCUT2D eigenvalue weighted by Gasteiger charge is 2.40. The zero-order valence-corrected chi connectivity index (χ0v) is 23.1. The van der Waals surface area contributed by atoms with E-state index >= 15 is 0 Å². The second-order valence-electron chi connectivity index (χ2n) is 9.23. The van der Waals surface area contributed by atoms with Crippen molar-refractivity contribution in [3.8, 4) is 17.2 Å². The fraction of sp³-hybridized carbons (Fsp3) is 0.500. The third kappa shape index (κ3) is 10.0. The van der Waals surface area contributed by atoms with Crippen LogP contribution >= 0.6 is 0 Å². The topological polar surface area (TPSA) is 224 Å². The van der Waals surface area contributed by atoms with Gasteiger partial charge in [-0.15, -0.1) is 0 Å². The summed E-state index contributed by atoms with van der Waals surface area (Å²) in [5.74, 6) is -2.84. The summed E-state index contributed by atoms with van der Waals surface area (Å²) in [7, 11) is 4.86. The number of anilines is 1. The standard InChI is InChI=1S/C20H28N4O4.C6H8O7/c1-25-17-7-6-15(18(26-2)19(17)27-3)12-24(13-16-5-4-8-28-16)11-14-9-22-20(21)23-10-14;7-3(8)1-6(13,5(11)12)2-4(9)10/h6-7,9-10,16H,4-5,8,11-13H2,1-3H3,(H2,21,22,23);13H,1-2H2,(H,7,8)(H,9,10)(H,11,12). The number of hydrogen-bond acceptors (Lipinski definition) is 12. The molecule has 1 saturated heterocycles. The minimum atomic E-state index is -2.74. The van der Waals surface area contributed by atoms with Crippen molar-refractivity contribution < 1.29 is 53.8 Å². The van der Waals surface area contributed by atoms with Crippen LogP contribution in [0.5, 0.6) is 17.2 Å². The molecule has 3 rings (SSSR count). The summed E-state index contributed by atoms with van der Waals surface area (Å²) < 4.78 is 22.4. The molecule has 1 aliphatic heterocycles. The number of aliphatic carboxylic acids is 3. The van der Waals surface area contributed by atoms with Crippen LogP contribution in [0, 0.1) is 0 Å². The number of ether oxygens (including phenoxy) is 4. The van der Waals surface area contributed by atoms with Gasteiger partial charge in [-0.25, -0.2) is 14.8 Å². The predicted molar refractivity (Wildman–Crippen MR) is 143 cm³/mol. The number of aromatic nitrogens is 2. The molecule has 1 fully saturated rings. The summed E-state index contributed by atoms with van der Waals surface area (Å²) in [6.45, 7) is 2.97. The number of carboxylic acids is 3. The van der Waals surface area contributed by atoms with Gasteiger partial charge in [-0.05, 0) is 18.9 Å². The van der Waals surface area contributed by atoms with Crippen LogP contribution in [0.15, 0.2) is 24.5 Å². The Morgan fingerprint density at radius 2 is 1.61 bits per heavy atom. The van der Waals surface area contributed by atoms with Crippen LogP contribution in [0.2, 0.25) is 0 Å². The summed E-state index contributed by atoms with van der Waals surface area (Å²) in [5, 5.41) is 33.8. The quantitative estimate of drug-likeness (QED) is 0.210. The third-order valence-electron chi connectivity index (χ3n) is 6.08. The van der Waals surface area contributed by atoms with Gasteiger partial charge in [0.25, 0.3) is 0 Å². The van der Waals surface area contributed by atoms with Crippen molar-refractivity contribution >= 4 is 23.9 Å². The fourth-order valence-electron chi connectivity index (χ4n) is 4.21. The van der Waals surface area contributed by atoms with Gasteiger partial charge >= 0.3 is 17.9 Å². The predicted octanol–water partition coefficient (Wildman–Crippen LogP) is 1.02. The molecule has 1 atom stereocenters. The Hall–Kier alpha value is -4.21. The first-order valence-electron chi connectivity index (χ1n) is 12.5. The molecule has 2 heterocycles. The SMILES string of the molecule is COc1ccc(CN(Cc2cnc(N)nc2)CC2CCCO2)c(OC)c1OC.O=C(O)CC(O)(CC(=O)O)C(=O)O. The van der Waals surface area contributed by atoms with Gasteiger partial charge in [0.1, 0.15) is 0 Å². The van der Waals surface area contributed by atoms with E-state index in [0.29, 0.717) is 30.3 Å². The maximum Gasteiger partial charge on any atom is 0.336 e. The smallest absolute Gasteiger partial charge is 0.336 e. The molecule has 15 nitrogen and oxygen atoms in total. The molecule has 1 aromatic carbocycles. The third-order valence-corrected chi connectivity index (χ3v) is 6.08. The molecule has 0 bridgehead atoms. The Morgan fingerprint density at radius 1 is 1.00 bits per heavy atom. The van der Waals surface area contributed by atoms with Gasteiger partial charge in [0.05, 0.1) is 40.3 Å². The largest absolute Gasteiger partial charge is 0.493 e. The monoisotopic (exact) mass is 580 g/mol. The number of carbonyl (C=O) groups is 3. The second-order valence-corrected chi connectivity index (χ2v) is 9.23. The van der Waals surface area contributed by atoms with Crippen molar-refractivity contribution in [3.05, 3.63) is 35.7 Å². The number of aliphatic hydroxyl groups is 1. The highest BCUT2D eigenvalue weighted by molar-refractivity contribution is 5.88. The number of rotatable bonds is 14. The van der Waals surface area contributed by atoms with E-state index in [4.69, 9.17) is 45.1 Å². The molecule has 1 unspecified atom stereocenters. The lowest BCUT2D eigenvalue weighted by Crippen LogP contribution is -2.42. The highest BCUT2D eigenvalue weighted by atomic mass is 16.5. The lowest BCUT2D eigenvalue weighted by atomic mass is 9.96. The van der Waals surface area contributed by atoms with Crippen LogP contribution in [0.3, 0.4) is 0 Å². The summed E-state index contributed by atoms with van der Waals surface area (Å²) in [5.41, 5.74) is 4.87. The Labute approximate surface area is 236 Å². The van der Waals surface area contributed by atoms with Crippen LogP contribution < -0.4 is 19.9 Å². The number of carboxylic acid groups (broad SMARTS) is 3. The van der Waals surface area contributed by atoms with Crippen molar-refractivity contribution in [2.75, 3.05) is 40.2 Å². The first kappa shape index (κ1) is 33.0. The molecule has 1 aromatic heterocycles. The highest BCUT2D eigenvalue weighted by Crippen LogP contribution is 2.40. The van der Waals surface area contributed by atoms with Crippen LogP contribution in [0.1, 0.15) is 36.8 Å². The van der Waals surface area contributed by atoms with E-state index in [1.54, 1.807) is 33.7 Å². The Morgan fingerprint density at radius 3 is 2.07 bits per heavy atom. The van der Waals surface area contributed by atoms with Crippen LogP contribution in [-0.2, 0) is 32.2 Å². The van der Waals surface area contributed by atoms with E-state index in [2.05, 4.69) is 14.9 Å². The van der Waals surface area contributed by atoms with Gasteiger partial charge in [0, 0.05) is 49.8 Å². The van der Waals surface area contributed by atoms with Crippen molar-refractivity contribution in [1.29, 1.82) is 0 Å². The maximum absolute atomic E-state index is 10.3. The molecule has 1 aliphatic rings. The molecule has 226 valence electrons. The molecule has 0 radical (unpaired) electrons. The van der Waals surface area contributed by atoms with Gasteiger partial charge in [-0.2, -0.15) is 0 Å². The van der Waals surface area contributed by atoms with Gasteiger partial charge in [0.15, 0.2) is 17.1 Å². The number of benzene rings is 1. The average molecular weight is 581 g/mol. The molecule has 0 aliphatic carbocycles. The average Bonchev–Trinajstić information content (AvgIpc) is 3.42. The zero-order valence-electron chi connectivity index (χ0n) is 23.1. The first-order valence-corrected chi connectivity index (χ1v) is 12.5. The van der Waals surface area contributed by atoms with Gasteiger partial charge < -0.3 is 45.1 Å². The Kier molecular flexibility index (Phi) is 12.5. The maximum atomic E-state index is 10.3. The van der Waals surface area contributed by atoms with Gasteiger partial charge in [-0.1, -0.05) is 6.07 Å².